The SMILES string of the molecule is CCCCCCCCc1ccsc1-c1sc(Br)c(Br)c1CCCCCCCC. The van der Waals surface area contributed by atoms with Gasteiger partial charge in [-0.25, -0.2) is 0 Å². The number of hydrogen-bond acceptors (Lipinski definition) is 2. The Balaban J connectivity index is 1.95. The Bertz CT molecular complexity index is 672. The molecule has 2 aromatic rings. The minimum absolute atomic E-state index is 1.19. The average molecular weight is 548 g/mol. The standard InChI is InChI=1S/C24H36Br2S2/c1-3-5-7-9-11-13-15-19-17-18-27-22(19)23-20(21(25)24(26)28-23)16-14-12-10-8-6-4-2/h17-18H,3-16H2,1-2H3. The zero-order chi connectivity index (χ0) is 20.2. The van der Waals surface area contributed by atoms with Crippen molar-refractivity contribution >= 4 is 54.5 Å². The highest BCUT2D eigenvalue weighted by molar-refractivity contribution is 9.13. The fourth-order valence-electron chi connectivity index (χ4n) is 3.73. The monoisotopic (exact) mass is 546 g/mol. The van der Waals surface area contributed by atoms with Crippen molar-refractivity contribution in [1.29, 1.82) is 0 Å². The first-order valence-electron chi connectivity index (χ1n) is 11.2. The molecule has 28 heavy (non-hydrogen) atoms. The second-order valence-electron chi connectivity index (χ2n) is 7.81. The van der Waals surface area contributed by atoms with Crippen LogP contribution in [0.2, 0.25) is 0 Å². The van der Waals surface area contributed by atoms with Crippen LogP contribution >= 0.6 is 54.5 Å². The topological polar surface area (TPSA) is 0 Å². The maximum Gasteiger partial charge on any atom is 0.0850 e. The summed E-state index contributed by atoms with van der Waals surface area (Å²) in [6.07, 6.45) is 18.8. The molecule has 0 atom stereocenters. The van der Waals surface area contributed by atoms with Crippen LogP contribution in [0.25, 0.3) is 9.75 Å². The summed E-state index contributed by atoms with van der Waals surface area (Å²) in [7, 11) is 0. The van der Waals surface area contributed by atoms with Crippen LogP contribution in [0.3, 0.4) is 0 Å². The van der Waals surface area contributed by atoms with Gasteiger partial charge in [-0.15, -0.1) is 22.7 Å². The summed E-state index contributed by atoms with van der Waals surface area (Å²) in [5.41, 5.74) is 3.09. The van der Waals surface area contributed by atoms with E-state index in [0.29, 0.717) is 0 Å². The van der Waals surface area contributed by atoms with E-state index in [2.05, 4.69) is 57.2 Å². The number of rotatable bonds is 15. The molecule has 0 unspecified atom stereocenters. The third kappa shape index (κ3) is 7.89. The van der Waals surface area contributed by atoms with Crippen LogP contribution in [-0.4, -0.2) is 0 Å². The Hall–Kier alpha value is 0.360. The molecule has 0 spiro atoms. The summed E-state index contributed by atoms with van der Waals surface area (Å²) >= 11 is 11.5. The summed E-state index contributed by atoms with van der Waals surface area (Å²) < 4.78 is 2.54. The zero-order valence-electron chi connectivity index (χ0n) is 17.6. The highest BCUT2D eigenvalue weighted by atomic mass is 79.9. The van der Waals surface area contributed by atoms with Crippen LogP contribution in [0.4, 0.5) is 0 Å². The first-order valence-corrected chi connectivity index (χ1v) is 14.5. The van der Waals surface area contributed by atoms with Crippen molar-refractivity contribution in [2.45, 2.75) is 104 Å². The van der Waals surface area contributed by atoms with E-state index < -0.39 is 0 Å². The quantitative estimate of drug-likeness (QED) is 0.194. The molecule has 0 aliphatic rings. The Kier molecular flexibility index (Phi) is 12.6. The van der Waals surface area contributed by atoms with E-state index in [1.165, 1.54) is 113 Å². The van der Waals surface area contributed by atoms with Crippen LogP contribution in [0.5, 0.6) is 0 Å². The fraction of sp³-hybridized carbons (Fsp3) is 0.667. The lowest BCUT2D eigenvalue weighted by atomic mass is 10.0. The molecule has 0 aliphatic carbocycles. The van der Waals surface area contributed by atoms with E-state index in [0.717, 1.165) is 0 Å². The molecule has 158 valence electrons. The van der Waals surface area contributed by atoms with E-state index in [9.17, 15) is 0 Å². The fourth-order valence-corrected chi connectivity index (χ4v) is 7.36. The van der Waals surface area contributed by atoms with Crippen LogP contribution < -0.4 is 0 Å². The molecule has 0 nitrogen and oxygen atoms in total. The molecular formula is C24H36Br2S2. The summed E-state index contributed by atoms with van der Waals surface area (Å²) in [6.45, 7) is 4.58. The summed E-state index contributed by atoms with van der Waals surface area (Å²) in [5.74, 6) is 0. The Labute approximate surface area is 197 Å². The van der Waals surface area contributed by atoms with Gasteiger partial charge < -0.3 is 0 Å². The number of hydrogen-bond donors (Lipinski definition) is 0. The average Bonchev–Trinajstić information content (AvgIpc) is 3.26. The smallest absolute Gasteiger partial charge is 0.0850 e. The van der Waals surface area contributed by atoms with Gasteiger partial charge in [0.25, 0.3) is 0 Å². The lowest BCUT2D eigenvalue weighted by molar-refractivity contribution is 0.607. The molecular weight excluding hydrogens is 512 g/mol. The maximum atomic E-state index is 3.86. The van der Waals surface area contributed by atoms with Crippen molar-refractivity contribution in [3.8, 4) is 9.75 Å². The molecule has 0 saturated heterocycles. The molecule has 0 aliphatic heterocycles. The molecule has 0 aromatic carbocycles. The van der Waals surface area contributed by atoms with Crippen molar-refractivity contribution in [1.82, 2.24) is 0 Å². The first kappa shape index (κ1) is 24.6. The molecule has 0 bridgehead atoms. The minimum Gasteiger partial charge on any atom is -0.143 e. The zero-order valence-corrected chi connectivity index (χ0v) is 22.4. The van der Waals surface area contributed by atoms with E-state index in [4.69, 9.17) is 0 Å². The Morgan fingerprint density at radius 2 is 1.29 bits per heavy atom. The van der Waals surface area contributed by atoms with Gasteiger partial charge in [-0.3, -0.25) is 0 Å². The van der Waals surface area contributed by atoms with Crippen LogP contribution in [0, 0.1) is 0 Å². The molecule has 0 fully saturated rings. The summed E-state index contributed by atoms with van der Waals surface area (Å²) in [4.78, 5) is 3.02. The van der Waals surface area contributed by atoms with Gasteiger partial charge in [-0.2, -0.15) is 0 Å². The molecule has 4 heteroatoms. The molecule has 0 saturated carbocycles. The second-order valence-corrected chi connectivity index (χ2v) is 11.9. The Morgan fingerprint density at radius 3 is 1.93 bits per heavy atom. The third-order valence-electron chi connectivity index (χ3n) is 5.44. The molecule has 0 radical (unpaired) electrons. The molecule has 2 heterocycles. The van der Waals surface area contributed by atoms with Gasteiger partial charge in [0, 0.05) is 9.35 Å². The largest absolute Gasteiger partial charge is 0.143 e. The van der Waals surface area contributed by atoms with Gasteiger partial charge >= 0.3 is 0 Å². The van der Waals surface area contributed by atoms with Crippen LogP contribution in [0.1, 0.15) is 102 Å². The van der Waals surface area contributed by atoms with Gasteiger partial charge in [0.15, 0.2) is 0 Å². The Morgan fingerprint density at radius 1 is 0.714 bits per heavy atom. The second kappa shape index (κ2) is 14.4. The van der Waals surface area contributed by atoms with Gasteiger partial charge in [0.05, 0.1) is 8.66 Å². The maximum absolute atomic E-state index is 3.86. The highest BCUT2D eigenvalue weighted by Crippen LogP contribution is 2.46. The van der Waals surface area contributed by atoms with Gasteiger partial charge in [-0.1, -0.05) is 78.1 Å². The molecule has 2 aromatic heterocycles. The lowest BCUT2D eigenvalue weighted by Crippen LogP contribution is -1.90. The summed E-state index contributed by atoms with van der Waals surface area (Å²) in [5, 5.41) is 2.29. The van der Waals surface area contributed by atoms with Gasteiger partial charge in [0.2, 0.25) is 0 Å². The van der Waals surface area contributed by atoms with E-state index in [1.54, 1.807) is 5.56 Å². The van der Waals surface area contributed by atoms with Crippen LogP contribution in [-0.2, 0) is 12.8 Å². The molecule has 0 N–H and O–H groups in total. The predicted octanol–water partition coefficient (Wildman–Crippen LogP) is 10.8. The van der Waals surface area contributed by atoms with Crippen molar-refractivity contribution in [2.24, 2.45) is 0 Å². The molecule has 2 rings (SSSR count). The highest BCUT2D eigenvalue weighted by Gasteiger charge is 2.19. The summed E-state index contributed by atoms with van der Waals surface area (Å²) in [6, 6.07) is 2.36. The van der Waals surface area contributed by atoms with Crippen molar-refractivity contribution in [2.75, 3.05) is 0 Å². The van der Waals surface area contributed by atoms with E-state index in [-0.39, 0.29) is 0 Å². The lowest BCUT2D eigenvalue weighted by Gasteiger charge is -2.07. The molecule has 0 amide bonds. The van der Waals surface area contributed by atoms with Crippen LogP contribution in [0.15, 0.2) is 19.7 Å². The van der Waals surface area contributed by atoms with Crippen molar-refractivity contribution in [3.05, 3.63) is 30.8 Å². The van der Waals surface area contributed by atoms with Gasteiger partial charge in [-0.05, 0) is 80.1 Å². The van der Waals surface area contributed by atoms with Crippen molar-refractivity contribution in [3.63, 3.8) is 0 Å². The number of halogens is 2. The van der Waals surface area contributed by atoms with Crippen molar-refractivity contribution < 1.29 is 0 Å². The predicted molar refractivity (Wildman–Crippen MR) is 137 cm³/mol. The number of aryl methyl sites for hydroxylation is 1. The van der Waals surface area contributed by atoms with E-state index >= 15 is 0 Å². The normalized spacial score (nSPS) is 11.4. The number of thiophene rings is 2. The van der Waals surface area contributed by atoms with Gasteiger partial charge in [0.1, 0.15) is 0 Å². The first-order chi connectivity index (χ1) is 13.7. The number of unbranched alkanes of at least 4 members (excludes halogenated alkanes) is 10. The minimum atomic E-state index is 1.19. The van der Waals surface area contributed by atoms with E-state index in [1.807, 2.05) is 22.7 Å². The third-order valence-corrected chi connectivity index (χ3v) is 10.1.